The van der Waals surface area contributed by atoms with Crippen LogP contribution >= 0.6 is 11.8 Å². The molecule has 1 fully saturated rings. The number of aromatic nitrogens is 3. The van der Waals surface area contributed by atoms with Gasteiger partial charge in [0.1, 0.15) is 22.9 Å². The Morgan fingerprint density at radius 3 is 2.88 bits per heavy atom. The molecule has 2 heterocycles. The lowest BCUT2D eigenvalue weighted by atomic mass is 10.1. The van der Waals surface area contributed by atoms with Crippen LogP contribution in [0.15, 0.2) is 12.1 Å². The van der Waals surface area contributed by atoms with E-state index in [4.69, 9.17) is 0 Å². The Morgan fingerprint density at radius 2 is 2.17 bits per heavy atom. The summed E-state index contributed by atoms with van der Waals surface area (Å²) in [5.74, 6) is -0.181. The van der Waals surface area contributed by atoms with Gasteiger partial charge in [-0.05, 0) is 12.5 Å². The van der Waals surface area contributed by atoms with Crippen molar-refractivity contribution in [2.75, 3.05) is 16.9 Å². The molecule has 1 aliphatic rings. The van der Waals surface area contributed by atoms with Gasteiger partial charge in [-0.15, -0.1) is 11.8 Å². The summed E-state index contributed by atoms with van der Waals surface area (Å²) in [4.78, 5) is 26.5. The van der Waals surface area contributed by atoms with Gasteiger partial charge in [-0.1, -0.05) is 13.8 Å². The fourth-order valence-electron chi connectivity index (χ4n) is 2.51. The Kier molecular flexibility index (Phi) is 4.70. The Morgan fingerprint density at radius 1 is 1.46 bits per heavy atom. The van der Waals surface area contributed by atoms with E-state index in [0.717, 1.165) is 0 Å². The van der Waals surface area contributed by atoms with E-state index >= 15 is 0 Å². The van der Waals surface area contributed by atoms with E-state index in [-0.39, 0.29) is 17.5 Å². The van der Waals surface area contributed by atoms with Crippen molar-refractivity contribution >= 4 is 40.3 Å². The molecule has 3 rings (SSSR count). The molecule has 1 aliphatic heterocycles. The molecule has 1 saturated heterocycles. The maximum absolute atomic E-state index is 14.1. The fourth-order valence-corrected chi connectivity index (χ4v) is 3.67. The van der Waals surface area contributed by atoms with Crippen LogP contribution in [0, 0.1) is 11.7 Å². The van der Waals surface area contributed by atoms with E-state index < -0.39 is 17.8 Å². The van der Waals surface area contributed by atoms with Crippen molar-refractivity contribution in [2.45, 2.75) is 26.3 Å². The molecule has 1 unspecified atom stereocenters. The number of aromatic amines is 1. The molecule has 128 valence electrons. The van der Waals surface area contributed by atoms with Gasteiger partial charge in [0.2, 0.25) is 11.8 Å². The average molecular weight is 351 g/mol. The van der Waals surface area contributed by atoms with Crippen molar-refractivity contribution in [3.05, 3.63) is 17.9 Å². The summed E-state index contributed by atoms with van der Waals surface area (Å²) in [6.45, 7) is 3.78. The van der Waals surface area contributed by atoms with Crippen LogP contribution in [0.25, 0.3) is 11.0 Å². The number of rotatable bonds is 4. The topological polar surface area (TPSA) is 91.0 Å². The molecule has 1 aromatic heterocycles. The van der Waals surface area contributed by atoms with Crippen molar-refractivity contribution in [1.29, 1.82) is 0 Å². The first-order valence-electron chi connectivity index (χ1n) is 7.70. The summed E-state index contributed by atoms with van der Waals surface area (Å²) >= 11 is 1.52. The highest BCUT2D eigenvalue weighted by molar-refractivity contribution is 7.99. The van der Waals surface area contributed by atoms with E-state index in [2.05, 4.69) is 20.7 Å². The van der Waals surface area contributed by atoms with Crippen LogP contribution < -0.4 is 5.32 Å². The molecule has 2 atom stereocenters. The quantitative estimate of drug-likeness (QED) is 0.879. The standard InChI is InChI=1S/C15H18FN5O2S/c1-3-8(2)15(23)21-7-24-6-13(21)14(22)17-10-5-12-11(4-9(10)16)18-20-19-12/h4-5,8,13H,3,6-7H2,1-2H3,(H,17,22)(H,18,19,20)/t8?,13-/m0/s1. The SMILES string of the molecule is CCC(C)C(=O)N1CSC[C@H]1C(=O)Nc1cc2n[nH]nc2cc1F. The second-order valence-electron chi connectivity index (χ2n) is 5.77. The number of thioether (sulfide) groups is 1. The summed E-state index contributed by atoms with van der Waals surface area (Å²) in [6.07, 6.45) is 0.714. The van der Waals surface area contributed by atoms with Gasteiger partial charge in [0.25, 0.3) is 0 Å². The Hall–Kier alpha value is -2.16. The highest BCUT2D eigenvalue weighted by atomic mass is 32.2. The zero-order chi connectivity index (χ0) is 17.3. The molecule has 0 bridgehead atoms. The summed E-state index contributed by atoms with van der Waals surface area (Å²) in [7, 11) is 0. The van der Waals surface area contributed by atoms with E-state index in [1.165, 1.54) is 23.9 Å². The first-order valence-corrected chi connectivity index (χ1v) is 8.85. The van der Waals surface area contributed by atoms with Crippen LogP contribution in [0.2, 0.25) is 0 Å². The Bertz CT molecular complexity index is 780. The largest absolute Gasteiger partial charge is 0.322 e. The molecule has 0 spiro atoms. The number of anilines is 1. The van der Waals surface area contributed by atoms with Crippen LogP contribution in [0.1, 0.15) is 20.3 Å². The minimum Gasteiger partial charge on any atom is -0.322 e. The summed E-state index contributed by atoms with van der Waals surface area (Å²) in [6, 6.07) is 2.04. The predicted molar refractivity (Wildman–Crippen MR) is 89.9 cm³/mol. The molecule has 24 heavy (non-hydrogen) atoms. The number of nitrogens with zero attached hydrogens (tertiary/aromatic N) is 3. The number of H-pyrrole nitrogens is 1. The van der Waals surface area contributed by atoms with E-state index in [0.29, 0.717) is 29.1 Å². The number of hydrogen-bond acceptors (Lipinski definition) is 5. The number of fused-ring (bicyclic) bond motifs is 1. The van der Waals surface area contributed by atoms with Crippen LogP contribution in [-0.2, 0) is 9.59 Å². The van der Waals surface area contributed by atoms with Crippen molar-refractivity contribution in [1.82, 2.24) is 20.3 Å². The lowest BCUT2D eigenvalue weighted by Crippen LogP contribution is -2.46. The smallest absolute Gasteiger partial charge is 0.248 e. The minimum absolute atomic E-state index is 0.0363. The molecular formula is C15H18FN5O2S. The first kappa shape index (κ1) is 16.7. The average Bonchev–Trinajstić information content (AvgIpc) is 3.22. The third-order valence-corrected chi connectivity index (χ3v) is 5.18. The van der Waals surface area contributed by atoms with Crippen LogP contribution in [-0.4, -0.2) is 49.8 Å². The number of benzene rings is 1. The van der Waals surface area contributed by atoms with Gasteiger partial charge in [0, 0.05) is 17.7 Å². The minimum atomic E-state index is -0.594. The maximum Gasteiger partial charge on any atom is 0.248 e. The molecule has 2 N–H and O–H groups in total. The van der Waals surface area contributed by atoms with Crippen molar-refractivity contribution < 1.29 is 14.0 Å². The lowest BCUT2D eigenvalue weighted by Gasteiger charge is -2.25. The third kappa shape index (κ3) is 3.08. The number of halogens is 1. The molecule has 9 heteroatoms. The van der Waals surface area contributed by atoms with Gasteiger partial charge >= 0.3 is 0 Å². The van der Waals surface area contributed by atoms with Gasteiger partial charge in [-0.25, -0.2) is 4.39 Å². The first-order chi connectivity index (χ1) is 11.5. The lowest BCUT2D eigenvalue weighted by molar-refractivity contribution is -0.139. The summed E-state index contributed by atoms with van der Waals surface area (Å²) in [5, 5.41) is 12.7. The normalized spacial score (nSPS) is 18.8. The summed E-state index contributed by atoms with van der Waals surface area (Å²) < 4.78 is 14.1. The zero-order valence-corrected chi connectivity index (χ0v) is 14.2. The van der Waals surface area contributed by atoms with Gasteiger partial charge in [0.15, 0.2) is 0 Å². The number of carbonyl (C=O) groups is 2. The monoisotopic (exact) mass is 351 g/mol. The number of amides is 2. The molecule has 2 amide bonds. The molecule has 0 radical (unpaired) electrons. The van der Waals surface area contributed by atoms with Gasteiger partial charge < -0.3 is 10.2 Å². The van der Waals surface area contributed by atoms with Crippen LogP contribution in [0.3, 0.4) is 0 Å². The van der Waals surface area contributed by atoms with Crippen molar-refractivity contribution in [3.63, 3.8) is 0 Å². The van der Waals surface area contributed by atoms with Gasteiger partial charge in [-0.3, -0.25) is 9.59 Å². The number of hydrogen-bond donors (Lipinski definition) is 2. The van der Waals surface area contributed by atoms with E-state index in [1.807, 2.05) is 13.8 Å². The zero-order valence-electron chi connectivity index (χ0n) is 13.4. The summed E-state index contributed by atoms with van der Waals surface area (Å²) in [5.41, 5.74) is 0.879. The predicted octanol–water partition coefficient (Wildman–Crippen LogP) is 1.98. The number of carbonyl (C=O) groups excluding carboxylic acids is 2. The molecular weight excluding hydrogens is 333 g/mol. The van der Waals surface area contributed by atoms with E-state index in [1.54, 1.807) is 4.90 Å². The highest BCUT2D eigenvalue weighted by Crippen LogP contribution is 2.26. The second-order valence-corrected chi connectivity index (χ2v) is 6.77. The fraction of sp³-hybridized carbons (Fsp3) is 0.467. The third-order valence-electron chi connectivity index (χ3n) is 4.16. The Balaban J connectivity index is 1.77. The number of nitrogens with one attached hydrogen (secondary N) is 2. The molecule has 1 aromatic carbocycles. The molecule has 2 aromatic rings. The van der Waals surface area contributed by atoms with E-state index in [9.17, 15) is 14.0 Å². The molecule has 7 nitrogen and oxygen atoms in total. The maximum atomic E-state index is 14.1. The van der Waals surface area contributed by atoms with Crippen LogP contribution in [0.5, 0.6) is 0 Å². The Labute approximate surface area is 142 Å². The van der Waals surface area contributed by atoms with Gasteiger partial charge in [-0.2, -0.15) is 15.4 Å². The molecule has 0 saturated carbocycles. The van der Waals surface area contributed by atoms with Crippen molar-refractivity contribution in [2.24, 2.45) is 5.92 Å². The van der Waals surface area contributed by atoms with Crippen molar-refractivity contribution in [3.8, 4) is 0 Å². The van der Waals surface area contributed by atoms with Gasteiger partial charge in [0.05, 0.1) is 11.6 Å². The van der Waals surface area contributed by atoms with Crippen LogP contribution in [0.4, 0.5) is 10.1 Å². The molecule has 0 aliphatic carbocycles. The second kappa shape index (κ2) is 6.76. The highest BCUT2D eigenvalue weighted by Gasteiger charge is 2.36.